The number of rotatable bonds is 7. The third kappa shape index (κ3) is 4.96. The summed E-state index contributed by atoms with van der Waals surface area (Å²) in [5.41, 5.74) is 1.02. The van der Waals surface area contributed by atoms with Gasteiger partial charge in [-0.05, 0) is 38.7 Å². The van der Waals surface area contributed by atoms with Crippen LogP contribution in [0.1, 0.15) is 29.1 Å². The molecule has 128 valence electrons. The molecule has 2 unspecified atom stereocenters. The molecule has 2 atom stereocenters. The van der Waals surface area contributed by atoms with Gasteiger partial charge in [0.15, 0.2) is 5.76 Å². The lowest BCUT2D eigenvalue weighted by Gasteiger charge is -2.24. The maximum absolute atomic E-state index is 12.4. The van der Waals surface area contributed by atoms with Gasteiger partial charge < -0.3 is 20.0 Å². The number of likely N-dealkylation sites (N-methyl/N-ethyl adjacent to an activating group) is 1. The van der Waals surface area contributed by atoms with Crippen molar-refractivity contribution in [1.82, 2.24) is 15.5 Å². The summed E-state index contributed by atoms with van der Waals surface area (Å²) in [7, 11) is 3.90. The van der Waals surface area contributed by atoms with Crippen LogP contribution in [-0.2, 0) is 4.79 Å². The second kappa shape index (κ2) is 8.31. The molecule has 0 bridgehead atoms. The number of amides is 2. The average molecular weight is 329 g/mol. The van der Waals surface area contributed by atoms with Gasteiger partial charge in [-0.2, -0.15) is 0 Å². The highest BCUT2D eigenvalue weighted by Gasteiger charge is 2.22. The molecular weight excluding hydrogens is 306 g/mol. The minimum atomic E-state index is -0.670. The van der Waals surface area contributed by atoms with Crippen LogP contribution in [0, 0.1) is 0 Å². The number of nitrogens with one attached hydrogen (secondary N) is 2. The fourth-order valence-corrected chi connectivity index (χ4v) is 2.32. The van der Waals surface area contributed by atoms with E-state index in [9.17, 15) is 9.59 Å². The molecule has 0 aliphatic rings. The SMILES string of the molecule is CC(NC(=O)c1ccco1)C(=O)NC(CN(C)C)c1ccccc1. The molecule has 0 radical (unpaired) electrons. The standard InChI is InChI=1S/C18H23N3O3/c1-13(19-18(23)16-10-7-11-24-16)17(22)20-15(12-21(2)3)14-8-5-4-6-9-14/h4-11,13,15H,12H2,1-3H3,(H,19,23)(H,20,22). The van der Waals surface area contributed by atoms with E-state index in [0.29, 0.717) is 6.54 Å². The molecule has 0 saturated heterocycles. The quantitative estimate of drug-likeness (QED) is 0.812. The molecule has 6 nitrogen and oxygen atoms in total. The molecule has 6 heteroatoms. The van der Waals surface area contributed by atoms with Crippen LogP contribution < -0.4 is 10.6 Å². The van der Waals surface area contributed by atoms with E-state index >= 15 is 0 Å². The third-order valence-corrected chi connectivity index (χ3v) is 3.55. The van der Waals surface area contributed by atoms with Crippen LogP contribution in [-0.4, -0.2) is 43.4 Å². The predicted octanol–water partition coefficient (Wildman–Crippen LogP) is 1.82. The van der Waals surface area contributed by atoms with E-state index in [1.54, 1.807) is 19.1 Å². The van der Waals surface area contributed by atoms with Gasteiger partial charge >= 0.3 is 0 Å². The van der Waals surface area contributed by atoms with E-state index < -0.39 is 11.9 Å². The van der Waals surface area contributed by atoms with Crippen molar-refractivity contribution in [3.63, 3.8) is 0 Å². The molecule has 0 spiro atoms. The summed E-state index contributed by atoms with van der Waals surface area (Å²) < 4.78 is 5.03. The highest BCUT2D eigenvalue weighted by atomic mass is 16.3. The Hall–Kier alpha value is -2.60. The number of hydrogen-bond acceptors (Lipinski definition) is 4. The van der Waals surface area contributed by atoms with E-state index in [4.69, 9.17) is 4.42 Å². The van der Waals surface area contributed by atoms with Crippen molar-refractivity contribution in [2.45, 2.75) is 19.0 Å². The zero-order chi connectivity index (χ0) is 17.5. The molecule has 0 fully saturated rings. The summed E-state index contributed by atoms with van der Waals surface area (Å²) in [4.78, 5) is 26.4. The lowest BCUT2D eigenvalue weighted by Crippen LogP contribution is -2.47. The third-order valence-electron chi connectivity index (χ3n) is 3.55. The molecule has 2 rings (SSSR count). The first-order valence-corrected chi connectivity index (χ1v) is 7.82. The van der Waals surface area contributed by atoms with Gasteiger partial charge in [-0.25, -0.2) is 0 Å². The second-order valence-electron chi connectivity index (χ2n) is 5.91. The Bertz CT molecular complexity index is 653. The van der Waals surface area contributed by atoms with Crippen molar-refractivity contribution in [3.05, 3.63) is 60.1 Å². The Morgan fingerprint density at radius 1 is 1.08 bits per heavy atom. The Kier molecular flexibility index (Phi) is 6.14. The maximum atomic E-state index is 12.4. The molecule has 1 heterocycles. The van der Waals surface area contributed by atoms with Gasteiger partial charge in [0.25, 0.3) is 5.91 Å². The lowest BCUT2D eigenvalue weighted by molar-refractivity contribution is -0.123. The van der Waals surface area contributed by atoms with Gasteiger partial charge in [-0.3, -0.25) is 9.59 Å². The van der Waals surface area contributed by atoms with Crippen LogP contribution in [0.2, 0.25) is 0 Å². The largest absolute Gasteiger partial charge is 0.459 e. The van der Waals surface area contributed by atoms with Gasteiger partial charge in [0, 0.05) is 6.54 Å². The fourth-order valence-electron chi connectivity index (χ4n) is 2.32. The van der Waals surface area contributed by atoms with Crippen molar-refractivity contribution in [2.75, 3.05) is 20.6 Å². The molecule has 24 heavy (non-hydrogen) atoms. The molecule has 1 aromatic heterocycles. The van der Waals surface area contributed by atoms with Crippen molar-refractivity contribution in [3.8, 4) is 0 Å². The van der Waals surface area contributed by atoms with Crippen LogP contribution in [0.25, 0.3) is 0 Å². The predicted molar refractivity (Wildman–Crippen MR) is 91.5 cm³/mol. The number of benzene rings is 1. The van der Waals surface area contributed by atoms with Gasteiger partial charge in [0.1, 0.15) is 6.04 Å². The first-order chi connectivity index (χ1) is 11.5. The van der Waals surface area contributed by atoms with E-state index in [1.165, 1.54) is 6.26 Å². The van der Waals surface area contributed by atoms with Gasteiger partial charge in [-0.1, -0.05) is 30.3 Å². The summed E-state index contributed by atoms with van der Waals surface area (Å²) in [6.07, 6.45) is 1.42. The van der Waals surface area contributed by atoms with E-state index in [2.05, 4.69) is 10.6 Å². The van der Waals surface area contributed by atoms with E-state index in [0.717, 1.165) is 5.56 Å². The van der Waals surface area contributed by atoms with Crippen LogP contribution >= 0.6 is 0 Å². The van der Waals surface area contributed by atoms with Crippen LogP contribution in [0.3, 0.4) is 0 Å². The molecule has 0 aliphatic heterocycles. The molecule has 2 N–H and O–H groups in total. The van der Waals surface area contributed by atoms with Gasteiger partial charge in [0.2, 0.25) is 5.91 Å². The summed E-state index contributed by atoms with van der Waals surface area (Å²) in [6.45, 7) is 2.31. The van der Waals surface area contributed by atoms with Crippen molar-refractivity contribution < 1.29 is 14.0 Å². The topological polar surface area (TPSA) is 74.6 Å². The number of carbonyl (C=O) groups is 2. The molecule has 2 aromatic rings. The van der Waals surface area contributed by atoms with Gasteiger partial charge in [-0.15, -0.1) is 0 Å². The first kappa shape index (κ1) is 17.7. The number of furan rings is 1. The van der Waals surface area contributed by atoms with Crippen molar-refractivity contribution >= 4 is 11.8 Å². The molecular formula is C18H23N3O3. The molecule has 0 aliphatic carbocycles. The molecule has 1 aromatic carbocycles. The first-order valence-electron chi connectivity index (χ1n) is 7.82. The van der Waals surface area contributed by atoms with E-state index in [-0.39, 0.29) is 17.7 Å². The summed E-state index contributed by atoms with van der Waals surface area (Å²) >= 11 is 0. The monoisotopic (exact) mass is 329 g/mol. The lowest BCUT2D eigenvalue weighted by atomic mass is 10.1. The molecule has 2 amide bonds. The van der Waals surface area contributed by atoms with E-state index in [1.807, 2.05) is 49.3 Å². The normalized spacial score (nSPS) is 13.3. The van der Waals surface area contributed by atoms with Crippen molar-refractivity contribution in [2.24, 2.45) is 0 Å². The minimum absolute atomic E-state index is 0.156. The minimum Gasteiger partial charge on any atom is -0.459 e. The smallest absolute Gasteiger partial charge is 0.287 e. The Morgan fingerprint density at radius 3 is 2.38 bits per heavy atom. The Labute approximate surface area is 141 Å². The maximum Gasteiger partial charge on any atom is 0.287 e. The van der Waals surface area contributed by atoms with Crippen LogP contribution in [0.5, 0.6) is 0 Å². The second-order valence-corrected chi connectivity index (χ2v) is 5.91. The Morgan fingerprint density at radius 2 is 1.79 bits per heavy atom. The van der Waals surface area contributed by atoms with Gasteiger partial charge in [0.05, 0.1) is 12.3 Å². The van der Waals surface area contributed by atoms with Crippen LogP contribution in [0.15, 0.2) is 53.1 Å². The summed E-state index contributed by atoms with van der Waals surface area (Å²) in [5, 5.41) is 5.62. The summed E-state index contributed by atoms with van der Waals surface area (Å²) in [5.74, 6) is -0.473. The highest BCUT2D eigenvalue weighted by molar-refractivity contribution is 5.95. The summed E-state index contributed by atoms with van der Waals surface area (Å²) in [6, 6.07) is 12.1. The zero-order valence-electron chi connectivity index (χ0n) is 14.2. The number of hydrogen-bond donors (Lipinski definition) is 2. The fraction of sp³-hybridized carbons (Fsp3) is 0.333. The van der Waals surface area contributed by atoms with Crippen molar-refractivity contribution in [1.29, 1.82) is 0 Å². The zero-order valence-corrected chi connectivity index (χ0v) is 14.2. The Balaban J connectivity index is 2.00. The highest BCUT2D eigenvalue weighted by Crippen LogP contribution is 2.13. The number of carbonyl (C=O) groups excluding carboxylic acids is 2. The van der Waals surface area contributed by atoms with Crippen LogP contribution in [0.4, 0.5) is 0 Å². The number of nitrogens with zero attached hydrogens (tertiary/aromatic N) is 1. The average Bonchev–Trinajstić information content (AvgIpc) is 3.09. The molecule has 0 saturated carbocycles.